The van der Waals surface area contributed by atoms with Crippen LogP contribution in [0.15, 0.2) is 40.4 Å². The second-order valence-electron chi connectivity index (χ2n) is 6.69. The number of para-hydroxylation sites is 1. The molecular formula is C19H23N3O2S. The Labute approximate surface area is 152 Å². The van der Waals surface area contributed by atoms with E-state index in [9.17, 15) is 4.79 Å². The average Bonchev–Trinajstić information content (AvgIpc) is 2.91. The number of aliphatic imine (C=N–C) groups is 1. The largest absolute Gasteiger partial charge is 0.493 e. The van der Waals surface area contributed by atoms with E-state index in [4.69, 9.17) is 4.74 Å². The number of ether oxygens (including phenoxy) is 1. The first-order valence-corrected chi connectivity index (χ1v) is 9.82. The lowest BCUT2D eigenvalue weighted by Crippen LogP contribution is -2.34. The van der Waals surface area contributed by atoms with Crippen molar-refractivity contribution >= 4 is 22.8 Å². The molecule has 3 heterocycles. The number of carbonyl (C=O) groups is 1. The van der Waals surface area contributed by atoms with Crippen LogP contribution >= 0.6 is 11.8 Å². The van der Waals surface area contributed by atoms with E-state index >= 15 is 0 Å². The minimum absolute atomic E-state index is 0.0946. The highest BCUT2D eigenvalue weighted by Crippen LogP contribution is 2.30. The molecule has 0 aliphatic carbocycles. The maximum absolute atomic E-state index is 12.4. The van der Waals surface area contributed by atoms with Crippen LogP contribution in [0.1, 0.15) is 24.8 Å². The number of nitrogens with one attached hydrogen (secondary N) is 1. The van der Waals surface area contributed by atoms with Gasteiger partial charge in [-0.2, -0.15) is 0 Å². The summed E-state index contributed by atoms with van der Waals surface area (Å²) in [7, 11) is 0. The standard InChI is InChI=1S/C19H23N3O2S/c23-18(11-16-13-25-19-20-7-3-8-22(16)19)21-12-14-6-9-24-17-5-2-1-4-15(17)10-14/h1-2,4-5,13-14H,3,6-12H2,(H,21,23)/t14-/m1/s1. The van der Waals surface area contributed by atoms with Crippen molar-refractivity contribution in [2.45, 2.75) is 25.7 Å². The van der Waals surface area contributed by atoms with Crippen LogP contribution in [0, 0.1) is 5.92 Å². The highest BCUT2D eigenvalue weighted by Gasteiger charge is 2.26. The van der Waals surface area contributed by atoms with Crippen molar-refractivity contribution in [2.24, 2.45) is 10.9 Å². The van der Waals surface area contributed by atoms with Gasteiger partial charge in [0.25, 0.3) is 0 Å². The molecule has 1 aromatic carbocycles. The summed E-state index contributed by atoms with van der Waals surface area (Å²) in [5, 5.41) is 6.24. The Morgan fingerprint density at radius 2 is 2.32 bits per heavy atom. The van der Waals surface area contributed by atoms with Gasteiger partial charge in [-0.05, 0) is 42.2 Å². The predicted molar refractivity (Wildman–Crippen MR) is 101 cm³/mol. The first kappa shape index (κ1) is 16.5. The van der Waals surface area contributed by atoms with Gasteiger partial charge in [0.15, 0.2) is 5.17 Å². The van der Waals surface area contributed by atoms with Crippen molar-refractivity contribution in [1.82, 2.24) is 10.2 Å². The second-order valence-corrected chi connectivity index (χ2v) is 7.53. The number of amides is 1. The third-order valence-corrected chi connectivity index (χ3v) is 5.81. The van der Waals surface area contributed by atoms with Crippen LogP contribution in [-0.4, -0.2) is 42.2 Å². The van der Waals surface area contributed by atoms with E-state index in [1.54, 1.807) is 11.8 Å². The van der Waals surface area contributed by atoms with Gasteiger partial charge in [-0.3, -0.25) is 9.79 Å². The summed E-state index contributed by atoms with van der Waals surface area (Å²) in [6, 6.07) is 8.20. The zero-order valence-electron chi connectivity index (χ0n) is 14.2. The normalized spacial score (nSPS) is 22.1. The van der Waals surface area contributed by atoms with E-state index < -0.39 is 0 Å². The van der Waals surface area contributed by atoms with Crippen LogP contribution in [-0.2, 0) is 11.2 Å². The van der Waals surface area contributed by atoms with Crippen molar-refractivity contribution in [2.75, 3.05) is 26.2 Å². The minimum atomic E-state index is 0.0946. The van der Waals surface area contributed by atoms with Gasteiger partial charge in [0.1, 0.15) is 5.75 Å². The molecule has 1 aromatic rings. The van der Waals surface area contributed by atoms with Gasteiger partial charge in [-0.25, -0.2) is 0 Å². The molecule has 0 fully saturated rings. The Morgan fingerprint density at radius 3 is 3.28 bits per heavy atom. The topological polar surface area (TPSA) is 53.9 Å². The summed E-state index contributed by atoms with van der Waals surface area (Å²) in [4.78, 5) is 19.1. The van der Waals surface area contributed by atoms with Crippen molar-refractivity contribution in [3.63, 3.8) is 0 Å². The Hall–Kier alpha value is -1.95. The Bertz CT molecular complexity index is 716. The predicted octanol–water partition coefficient (Wildman–Crippen LogP) is 2.78. The molecule has 0 saturated carbocycles. The lowest BCUT2D eigenvalue weighted by atomic mass is 9.97. The fraction of sp³-hybridized carbons (Fsp3) is 0.474. The van der Waals surface area contributed by atoms with Gasteiger partial charge >= 0.3 is 0 Å². The van der Waals surface area contributed by atoms with E-state index in [0.29, 0.717) is 25.5 Å². The van der Waals surface area contributed by atoms with Gasteiger partial charge in [0.05, 0.1) is 13.0 Å². The summed E-state index contributed by atoms with van der Waals surface area (Å²) in [5.41, 5.74) is 2.32. The fourth-order valence-electron chi connectivity index (χ4n) is 3.49. The van der Waals surface area contributed by atoms with Crippen LogP contribution in [0.3, 0.4) is 0 Å². The zero-order valence-corrected chi connectivity index (χ0v) is 15.1. The van der Waals surface area contributed by atoms with Gasteiger partial charge in [-0.15, -0.1) is 0 Å². The van der Waals surface area contributed by atoms with E-state index in [1.165, 1.54) is 5.56 Å². The molecule has 0 unspecified atom stereocenters. The first-order valence-electron chi connectivity index (χ1n) is 8.95. The lowest BCUT2D eigenvalue weighted by molar-refractivity contribution is -0.120. The second kappa shape index (κ2) is 7.52. The molecule has 3 aliphatic heterocycles. The van der Waals surface area contributed by atoms with E-state index in [2.05, 4.69) is 26.7 Å². The van der Waals surface area contributed by atoms with Crippen molar-refractivity contribution in [1.29, 1.82) is 0 Å². The molecule has 132 valence electrons. The smallest absolute Gasteiger partial charge is 0.225 e. The maximum atomic E-state index is 12.4. The third-order valence-electron chi connectivity index (χ3n) is 4.86. The van der Waals surface area contributed by atoms with E-state index in [1.807, 2.05) is 18.2 Å². The van der Waals surface area contributed by atoms with Crippen LogP contribution in [0.4, 0.5) is 0 Å². The summed E-state index contributed by atoms with van der Waals surface area (Å²) in [6.07, 6.45) is 3.42. The van der Waals surface area contributed by atoms with Gasteiger partial charge in [0, 0.05) is 25.3 Å². The van der Waals surface area contributed by atoms with Crippen LogP contribution in [0.25, 0.3) is 0 Å². The summed E-state index contributed by atoms with van der Waals surface area (Å²) >= 11 is 1.63. The van der Waals surface area contributed by atoms with Crippen molar-refractivity contribution in [3.05, 3.63) is 40.9 Å². The van der Waals surface area contributed by atoms with E-state index in [0.717, 1.165) is 49.0 Å². The lowest BCUT2D eigenvalue weighted by Gasteiger charge is -2.25. The molecule has 4 rings (SSSR count). The third kappa shape index (κ3) is 3.84. The Kier molecular flexibility index (Phi) is 4.97. The molecule has 0 aromatic heterocycles. The van der Waals surface area contributed by atoms with Gasteiger partial charge in [0.2, 0.25) is 5.91 Å². The maximum Gasteiger partial charge on any atom is 0.225 e. The number of hydrogen-bond donors (Lipinski definition) is 1. The molecule has 1 amide bonds. The highest BCUT2D eigenvalue weighted by atomic mass is 32.2. The molecule has 0 radical (unpaired) electrons. The summed E-state index contributed by atoms with van der Waals surface area (Å²) in [6.45, 7) is 3.30. The number of rotatable bonds is 4. The molecular weight excluding hydrogens is 334 g/mol. The molecule has 0 spiro atoms. The molecule has 6 heteroatoms. The molecule has 0 bridgehead atoms. The van der Waals surface area contributed by atoms with Crippen LogP contribution < -0.4 is 10.1 Å². The number of nitrogens with zero attached hydrogens (tertiary/aromatic N) is 2. The van der Waals surface area contributed by atoms with Gasteiger partial charge < -0.3 is 15.0 Å². The molecule has 0 saturated heterocycles. The number of carbonyl (C=O) groups excluding carboxylic acids is 1. The number of thioether (sulfide) groups is 1. The van der Waals surface area contributed by atoms with Crippen molar-refractivity contribution in [3.8, 4) is 5.75 Å². The van der Waals surface area contributed by atoms with Crippen LogP contribution in [0.5, 0.6) is 5.75 Å². The molecule has 1 atom stereocenters. The minimum Gasteiger partial charge on any atom is -0.493 e. The number of benzene rings is 1. The van der Waals surface area contributed by atoms with Crippen LogP contribution in [0.2, 0.25) is 0 Å². The summed E-state index contributed by atoms with van der Waals surface area (Å²) < 4.78 is 5.81. The summed E-state index contributed by atoms with van der Waals surface area (Å²) in [5.74, 6) is 1.50. The Balaban J connectivity index is 1.29. The average molecular weight is 357 g/mol. The highest BCUT2D eigenvalue weighted by molar-refractivity contribution is 8.16. The fourth-order valence-corrected chi connectivity index (χ4v) is 4.45. The number of amidine groups is 1. The number of hydrogen-bond acceptors (Lipinski definition) is 5. The molecule has 5 nitrogen and oxygen atoms in total. The molecule has 1 N–H and O–H groups in total. The first-order chi connectivity index (χ1) is 12.3. The monoisotopic (exact) mass is 357 g/mol. The Morgan fingerprint density at radius 1 is 1.40 bits per heavy atom. The zero-order chi connectivity index (χ0) is 17.1. The van der Waals surface area contributed by atoms with Gasteiger partial charge in [-0.1, -0.05) is 30.0 Å². The number of fused-ring (bicyclic) bond motifs is 2. The SMILES string of the molecule is O=C(CC1=CSC2=NCCCN12)NC[C@@H]1CCOc2ccccc2C1. The molecule has 25 heavy (non-hydrogen) atoms. The quantitative estimate of drug-likeness (QED) is 0.900. The van der Waals surface area contributed by atoms with E-state index in [-0.39, 0.29) is 5.91 Å². The molecule has 3 aliphatic rings. The van der Waals surface area contributed by atoms with Crippen molar-refractivity contribution < 1.29 is 9.53 Å².